The molecule has 0 radical (unpaired) electrons. The number of amides is 1. The van der Waals surface area contributed by atoms with Crippen LogP contribution in [0.4, 0.5) is 5.69 Å². The normalized spacial score (nSPS) is 11.6. The molecule has 6 nitrogen and oxygen atoms in total. The highest BCUT2D eigenvalue weighted by molar-refractivity contribution is 5.95. The molecule has 0 saturated carbocycles. The Hall–Kier alpha value is -3.15. The molecule has 2 aromatic rings. The number of nitrogens with one attached hydrogen (secondary N) is 1. The molecular formula is C21H23NO5. The molecule has 2 aromatic carbocycles. The van der Waals surface area contributed by atoms with Gasteiger partial charge in [0.1, 0.15) is 12.0 Å². The summed E-state index contributed by atoms with van der Waals surface area (Å²) in [6.07, 6.45) is -0.238. The molecule has 0 spiro atoms. The first kappa shape index (κ1) is 20.2. The van der Waals surface area contributed by atoms with Gasteiger partial charge in [0, 0.05) is 11.3 Å². The molecule has 0 unspecified atom stereocenters. The maximum atomic E-state index is 12.1. The Morgan fingerprint density at radius 1 is 1.00 bits per heavy atom. The third kappa shape index (κ3) is 6.26. The zero-order valence-electron chi connectivity index (χ0n) is 15.6. The first-order chi connectivity index (χ1) is 12.9. The monoisotopic (exact) mass is 369 g/mol. The largest absolute Gasteiger partial charge is 0.482 e. The van der Waals surface area contributed by atoms with Crippen molar-refractivity contribution in [2.24, 2.45) is 0 Å². The third-order valence-electron chi connectivity index (χ3n) is 3.90. The minimum Gasteiger partial charge on any atom is -0.482 e. The van der Waals surface area contributed by atoms with Gasteiger partial charge in [-0.25, -0.2) is 4.79 Å². The lowest BCUT2D eigenvalue weighted by atomic mass is 10.0. The van der Waals surface area contributed by atoms with E-state index in [1.54, 1.807) is 24.3 Å². The fourth-order valence-corrected chi connectivity index (χ4v) is 2.26. The topological polar surface area (TPSA) is 81.7 Å². The molecule has 0 aliphatic carbocycles. The van der Waals surface area contributed by atoms with E-state index >= 15 is 0 Å². The standard InChI is InChI=1S/C21H23NO5/c1-14(2)17-6-8-18(9-7-17)22-21(25)15(3)27-20(24)13-26-19-10-4-16(12-23)5-11-19/h4-12,14-15H,13H2,1-3H3,(H,22,25)/t15-/m1/s1. The van der Waals surface area contributed by atoms with E-state index in [-0.39, 0.29) is 6.61 Å². The number of carbonyl (C=O) groups is 3. The van der Waals surface area contributed by atoms with Gasteiger partial charge in [-0.1, -0.05) is 26.0 Å². The highest BCUT2D eigenvalue weighted by Crippen LogP contribution is 2.17. The second-order valence-electron chi connectivity index (χ2n) is 6.37. The van der Waals surface area contributed by atoms with E-state index < -0.39 is 18.0 Å². The summed E-state index contributed by atoms with van der Waals surface area (Å²) in [5.41, 5.74) is 2.32. The van der Waals surface area contributed by atoms with Crippen molar-refractivity contribution in [1.29, 1.82) is 0 Å². The van der Waals surface area contributed by atoms with E-state index in [1.165, 1.54) is 12.5 Å². The minimum atomic E-state index is -0.955. The lowest BCUT2D eigenvalue weighted by Crippen LogP contribution is -2.31. The van der Waals surface area contributed by atoms with Gasteiger partial charge in [-0.2, -0.15) is 0 Å². The van der Waals surface area contributed by atoms with E-state index in [0.717, 1.165) is 0 Å². The fraction of sp³-hybridized carbons (Fsp3) is 0.286. The summed E-state index contributed by atoms with van der Waals surface area (Å²) in [6, 6.07) is 13.8. The van der Waals surface area contributed by atoms with Crippen molar-refractivity contribution in [1.82, 2.24) is 0 Å². The minimum absolute atomic E-state index is 0.332. The van der Waals surface area contributed by atoms with E-state index in [0.29, 0.717) is 29.2 Å². The number of hydrogen-bond donors (Lipinski definition) is 1. The van der Waals surface area contributed by atoms with Crippen molar-refractivity contribution in [2.45, 2.75) is 32.8 Å². The molecule has 0 bridgehead atoms. The summed E-state index contributed by atoms with van der Waals surface area (Å²) in [5, 5.41) is 2.71. The van der Waals surface area contributed by atoms with Crippen LogP contribution in [0.3, 0.4) is 0 Å². The number of anilines is 1. The van der Waals surface area contributed by atoms with Crippen molar-refractivity contribution in [3.8, 4) is 5.75 Å². The zero-order valence-corrected chi connectivity index (χ0v) is 15.6. The average Bonchev–Trinajstić information content (AvgIpc) is 2.67. The van der Waals surface area contributed by atoms with E-state index in [4.69, 9.17) is 9.47 Å². The summed E-state index contributed by atoms with van der Waals surface area (Å²) >= 11 is 0. The van der Waals surface area contributed by atoms with Crippen LogP contribution >= 0.6 is 0 Å². The summed E-state index contributed by atoms with van der Waals surface area (Å²) < 4.78 is 10.4. The molecule has 1 atom stereocenters. The summed E-state index contributed by atoms with van der Waals surface area (Å²) in [5.74, 6) is -0.243. The van der Waals surface area contributed by atoms with E-state index in [1.807, 2.05) is 24.3 Å². The number of benzene rings is 2. The molecule has 0 aromatic heterocycles. The molecule has 1 amide bonds. The van der Waals surface area contributed by atoms with Crippen LogP contribution in [0.15, 0.2) is 48.5 Å². The van der Waals surface area contributed by atoms with Crippen LogP contribution in [0.1, 0.15) is 42.6 Å². The van der Waals surface area contributed by atoms with Crippen molar-refractivity contribution in [3.05, 3.63) is 59.7 Å². The van der Waals surface area contributed by atoms with Gasteiger partial charge in [-0.05, 0) is 54.8 Å². The van der Waals surface area contributed by atoms with Crippen molar-refractivity contribution in [3.63, 3.8) is 0 Å². The molecule has 27 heavy (non-hydrogen) atoms. The van der Waals surface area contributed by atoms with Gasteiger partial charge in [0.2, 0.25) is 0 Å². The lowest BCUT2D eigenvalue weighted by Gasteiger charge is -2.14. The quantitative estimate of drug-likeness (QED) is 0.568. The molecule has 0 saturated heterocycles. The predicted octanol–water partition coefficient (Wildman–Crippen LogP) is 3.57. The fourth-order valence-electron chi connectivity index (χ4n) is 2.26. The first-order valence-electron chi connectivity index (χ1n) is 8.67. The highest BCUT2D eigenvalue weighted by atomic mass is 16.6. The Balaban J connectivity index is 1.80. The zero-order chi connectivity index (χ0) is 19.8. The van der Waals surface area contributed by atoms with Crippen LogP contribution in [-0.4, -0.2) is 30.9 Å². The first-order valence-corrected chi connectivity index (χ1v) is 8.67. The summed E-state index contributed by atoms with van der Waals surface area (Å²) in [4.78, 5) is 34.6. The molecule has 142 valence electrons. The number of esters is 1. The number of carbonyl (C=O) groups excluding carboxylic acids is 3. The van der Waals surface area contributed by atoms with Crippen molar-refractivity contribution < 1.29 is 23.9 Å². The predicted molar refractivity (Wildman–Crippen MR) is 102 cm³/mol. The average molecular weight is 369 g/mol. The number of ether oxygens (including phenoxy) is 2. The molecular weight excluding hydrogens is 346 g/mol. The van der Waals surface area contributed by atoms with Crippen LogP contribution in [0.5, 0.6) is 5.75 Å². The van der Waals surface area contributed by atoms with Crippen LogP contribution in [-0.2, 0) is 14.3 Å². The Labute approximate surface area is 158 Å². The summed E-state index contributed by atoms with van der Waals surface area (Å²) in [7, 11) is 0. The number of rotatable bonds is 8. The molecule has 1 N–H and O–H groups in total. The molecule has 6 heteroatoms. The maximum absolute atomic E-state index is 12.1. The number of aldehydes is 1. The molecule has 2 rings (SSSR count). The van der Waals surface area contributed by atoms with Gasteiger partial charge in [0.05, 0.1) is 0 Å². The Kier molecular flexibility index (Phi) is 7.11. The SMILES string of the molecule is CC(C)c1ccc(NC(=O)[C@@H](C)OC(=O)COc2ccc(C=O)cc2)cc1. The second-order valence-corrected chi connectivity index (χ2v) is 6.37. The molecule has 0 heterocycles. The highest BCUT2D eigenvalue weighted by Gasteiger charge is 2.18. The van der Waals surface area contributed by atoms with E-state index in [9.17, 15) is 14.4 Å². The number of hydrogen-bond acceptors (Lipinski definition) is 5. The van der Waals surface area contributed by atoms with Crippen LogP contribution in [0.2, 0.25) is 0 Å². The van der Waals surface area contributed by atoms with Crippen LogP contribution in [0.25, 0.3) is 0 Å². The van der Waals surface area contributed by atoms with Gasteiger partial charge < -0.3 is 14.8 Å². The lowest BCUT2D eigenvalue weighted by molar-refractivity contribution is -0.155. The van der Waals surface area contributed by atoms with Gasteiger partial charge in [-0.3, -0.25) is 9.59 Å². The maximum Gasteiger partial charge on any atom is 0.344 e. The Morgan fingerprint density at radius 2 is 1.63 bits per heavy atom. The second kappa shape index (κ2) is 9.52. The van der Waals surface area contributed by atoms with Gasteiger partial charge >= 0.3 is 5.97 Å². The smallest absolute Gasteiger partial charge is 0.344 e. The molecule has 0 aliphatic heterocycles. The van der Waals surface area contributed by atoms with Gasteiger partial charge in [0.15, 0.2) is 12.7 Å². The van der Waals surface area contributed by atoms with Crippen LogP contribution in [0, 0.1) is 0 Å². The van der Waals surface area contributed by atoms with Crippen molar-refractivity contribution >= 4 is 23.9 Å². The van der Waals surface area contributed by atoms with Crippen LogP contribution < -0.4 is 10.1 Å². The van der Waals surface area contributed by atoms with Gasteiger partial charge in [0.25, 0.3) is 5.91 Å². The molecule has 0 aliphatic rings. The van der Waals surface area contributed by atoms with Gasteiger partial charge in [-0.15, -0.1) is 0 Å². The molecule has 0 fully saturated rings. The Bertz CT molecular complexity index is 781. The summed E-state index contributed by atoms with van der Waals surface area (Å²) in [6.45, 7) is 5.34. The third-order valence-corrected chi connectivity index (χ3v) is 3.90. The Morgan fingerprint density at radius 3 is 2.19 bits per heavy atom. The van der Waals surface area contributed by atoms with E-state index in [2.05, 4.69) is 19.2 Å². The van der Waals surface area contributed by atoms with Crippen molar-refractivity contribution in [2.75, 3.05) is 11.9 Å².